The standard InChI is InChI=1S/C28H23ClN2O3/c1-15-11-18(4)26-23(12-15)31-28(34-26)21-14-20(7-8-22(21)29)30-27(32)25-10-9-24(33-25)19-6-5-16(2)17(3)13-19/h5-14H,1-4H3,(H,30,32). The highest BCUT2D eigenvalue weighted by molar-refractivity contribution is 6.33. The van der Waals surface area contributed by atoms with E-state index in [1.807, 2.05) is 51.1 Å². The Morgan fingerprint density at radius 3 is 2.47 bits per heavy atom. The van der Waals surface area contributed by atoms with Crippen LogP contribution >= 0.6 is 11.6 Å². The van der Waals surface area contributed by atoms with Crippen molar-refractivity contribution >= 4 is 34.3 Å². The average molecular weight is 471 g/mol. The molecule has 6 heteroatoms. The second-order valence-corrected chi connectivity index (χ2v) is 8.97. The maximum atomic E-state index is 12.9. The Hall–Kier alpha value is -3.83. The van der Waals surface area contributed by atoms with Crippen LogP contribution in [0.25, 0.3) is 33.9 Å². The van der Waals surface area contributed by atoms with Crippen LogP contribution in [-0.2, 0) is 0 Å². The molecule has 170 valence electrons. The summed E-state index contributed by atoms with van der Waals surface area (Å²) in [6, 6.07) is 18.7. The van der Waals surface area contributed by atoms with E-state index in [4.69, 9.17) is 20.4 Å². The molecule has 1 amide bonds. The molecule has 5 aromatic rings. The molecule has 0 spiro atoms. The molecule has 2 heterocycles. The van der Waals surface area contributed by atoms with E-state index in [9.17, 15) is 4.79 Å². The molecule has 34 heavy (non-hydrogen) atoms. The third-order valence-electron chi connectivity index (χ3n) is 5.90. The molecule has 5 rings (SSSR count). The zero-order chi connectivity index (χ0) is 24.0. The van der Waals surface area contributed by atoms with Gasteiger partial charge in [-0.05, 0) is 92.4 Å². The molecule has 5 nitrogen and oxygen atoms in total. The highest BCUT2D eigenvalue weighted by Crippen LogP contribution is 2.34. The summed E-state index contributed by atoms with van der Waals surface area (Å²) in [5.74, 6) is 0.909. The summed E-state index contributed by atoms with van der Waals surface area (Å²) in [6.07, 6.45) is 0. The number of aromatic nitrogens is 1. The number of benzene rings is 3. The van der Waals surface area contributed by atoms with Gasteiger partial charge in [0.1, 0.15) is 11.3 Å². The Balaban J connectivity index is 1.41. The Morgan fingerprint density at radius 1 is 0.853 bits per heavy atom. The first-order valence-electron chi connectivity index (χ1n) is 10.9. The molecular formula is C28H23ClN2O3. The predicted molar refractivity (Wildman–Crippen MR) is 136 cm³/mol. The normalized spacial score (nSPS) is 11.2. The van der Waals surface area contributed by atoms with E-state index < -0.39 is 0 Å². The van der Waals surface area contributed by atoms with Gasteiger partial charge in [0.15, 0.2) is 11.3 Å². The zero-order valence-corrected chi connectivity index (χ0v) is 20.1. The summed E-state index contributed by atoms with van der Waals surface area (Å²) in [7, 11) is 0. The SMILES string of the molecule is Cc1cc(C)c2oc(-c3cc(NC(=O)c4ccc(-c5ccc(C)c(C)c5)o4)ccc3Cl)nc2c1. The summed E-state index contributed by atoms with van der Waals surface area (Å²) >= 11 is 6.45. The van der Waals surface area contributed by atoms with E-state index in [1.165, 1.54) is 5.56 Å². The molecule has 0 saturated heterocycles. The van der Waals surface area contributed by atoms with Gasteiger partial charge >= 0.3 is 0 Å². The van der Waals surface area contributed by atoms with E-state index in [-0.39, 0.29) is 11.7 Å². The van der Waals surface area contributed by atoms with Gasteiger partial charge in [-0.2, -0.15) is 0 Å². The number of oxazole rings is 1. The fraction of sp³-hybridized carbons (Fsp3) is 0.143. The van der Waals surface area contributed by atoms with Crippen molar-refractivity contribution < 1.29 is 13.6 Å². The third kappa shape index (κ3) is 4.11. The highest BCUT2D eigenvalue weighted by Gasteiger charge is 2.17. The van der Waals surface area contributed by atoms with Gasteiger partial charge in [0.2, 0.25) is 5.89 Å². The Labute approximate surface area is 202 Å². The van der Waals surface area contributed by atoms with Gasteiger partial charge in [0.25, 0.3) is 5.91 Å². The van der Waals surface area contributed by atoms with Gasteiger partial charge in [-0.3, -0.25) is 4.79 Å². The molecule has 0 saturated carbocycles. The second-order valence-electron chi connectivity index (χ2n) is 8.56. The highest BCUT2D eigenvalue weighted by atomic mass is 35.5. The van der Waals surface area contributed by atoms with Crippen LogP contribution in [0.1, 0.15) is 32.8 Å². The summed E-state index contributed by atoms with van der Waals surface area (Å²) in [5.41, 5.74) is 8.06. The van der Waals surface area contributed by atoms with Gasteiger partial charge in [-0.1, -0.05) is 29.8 Å². The van der Waals surface area contributed by atoms with E-state index >= 15 is 0 Å². The molecule has 0 unspecified atom stereocenters. The maximum absolute atomic E-state index is 12.9. The van der Waals surface area contributed by atoms with Crippen molar-refractivity contribution in [3.63, 3.8) is 0 Å². The third-order valence-corrected chi connectivity index (χ3v) is 6.23. The summed E-state index contributed by atoms with van der Waals surface area (Å²) in [6.45, 7) is 8.11. The second kappa shape index (κ2) is 8.50. The molecule has 0 aliphatic heterocycles. The molecule has 3 aromatic carbocycles. The number of hydrogen-bond donors (Lipinski definition) is 1. The molecule has 2 aromatic heterocycles. The Kier molecular flexibility index (Phi) is 5.50. The lowest BCUT2D eigenvalue weighted by Crippen LogP contribution is -2.10. The predicted octanol–water partition coefficient (Wildman–Crippen LogP) is 7.89. The first kappa shape index (κ1) is 22.0. The van der Waals surface area contributed by atoms with Crippen molar-refractivity contribution in [2.45, 2.75) is 27.7 Å². The van der Waals surface area contributed by atoms with Crippen molar-refractivity contribution in [3.05, 3.63) is 93.7 Å². The zero-order valence-electron chi connectivity index (χ0n) is 19.3. The number of nitrogens with zero attached hydrogens (tertiary/aromatic N) is 1. The number of halogens is 1. The fourth-order valence-electron chi connectivity index (χ4n) is 3.96. The molecule has 0 aliphatic rings. The van der Waals surface area contributed by atoms with Crippen molar-refractivity contribution in [1.29, 1.82) is 0 Å². The van der Waals surface area contributed by atoms with Crippen LogP contribution < -0.4 is 5.32 Å². The minimum Gasteiger partial charge on any atom is -0.451 e. The average Bonchev–Trinajstić information content (AvgIpc) is 3.45. The number of rotatable bonds is 4. The Morgan fingerprint density at radius 2 is 1.68 bits per heavy atom. The van der Waals surface area contributed by atoms with Crippen LogP contribution in [0.4, 0.5) is 5.69 Å². The number of fused-ring (bicyclic) bond motifs is 1. The number of carbonyl (C=O) groups is 1. The van der Waals surface area contributed by atoms with E-state index in [2.05, 4.69) is 17.2 Å². The van der Waals surface area contributed by atoms with Crippen molar-refractivity contribution in [2.24, 2.45) is 0 Å². The molecular weight excluding hydrogens is 448 g/mol. The number of anilines is 1. The largest absolute Gasteiger partial charge is 0.451 e. The van der Waals surface area contributed by atoms with Gasteiger partial charge in [-0.25, -0.2) is 4.98 Å². The van der Waals surface area contributed by atoms with Gasteiger partial charge < -0.3 is 14.2 Å². The van der Waals surface area contributed by atoms with Crippen LogP contribution in [0.15, 0.2) is 69.5 Å². The van der Waals surface area contributed by atoms with Gasteiger partial charge in [0.05, 0.1) is 10.6 Å². The molecule has 0 fully saturated rings. The van der Waals surface area contributed by atoms with E-state index in [0.29, 0.717) is 27.9 Å². The van der Waals surface area contributed by atoms with E-state index in [0.717, 1.165) is 33.4 Å². The topological polar surface area (TPSA) is 68.3 Å². The fourth-order valence-corrected chi connectivity index (χ4v) is 4.16. The first-order valence-corrected chi connectivity index (χ1v) is 11.3. The van der Waals surface area contributed by atoms with Crippen LogP contribution in [0.2, 0.25) is 5.02 Å². The number of furan rings is 1. The number of amides is 1. The van der Waals surface area contributed by atoms with Crippen molar-refractivity contribution in [1.82, 2.24) is 4.98 Å². The number of hydrogen-bond acceptors (Lipinski definition) is 4. The first-order chi connectivity index (χ1) is 16.3. The quantitative estimate of drug-likeness (QED) is 0.290. The lowest BCUT2D eigenvalue weighted by Gasteiger charge is -2.07. The van der Waals surface area contributed by atoms with Crippen LogP contribution in [0.3, 0.4) is 0 Å². The molecule has 0 bridgehead atoms. The monoisotopic (exact) mass is 470 g/mol. The van der Waals surface area contributed by atoms with Crippen molar-refractivity contribution in [3.8, 4) is 22.8 Å². The lowest BCUT2D eigenvalue weighted by atomic mass is 10.1. The van der Waals surface area contributed by atoms with Crippen LogP contribution in [0, 0.1) is 27.7 Å². The van der Waals surface area contributed by atoms with E-state index in [1.54, 1.807) is 30.3 Å². The minimum atomic E-state index is -0.354. The van der Waals surface area contributed by atoms with Gasteiger partial charge in [0, 0.05) is 11.3 Å². The molecule has 0 atom stereocenters. The molecule has 0 aliphatic carbocycles. The number of nitrogens with one attached hydrogen (secondary N) is 1. The summed E-state index contributed by atoms with van der Waals surface area (Å²) < 4.78 is 11.8. The smallest absolute Gasteiger partial charge is 0.291 e. The minimum absolute atomic E-state index is 0.220. The Bertz CT molecular complexity index is 1560. The molecule has 1 N–H and O–H groups in total. The van der Waals surface area contributed by atoms with Crippen molar-refractivity contribution in [2.75, 3.05) is 5.32 Å². The summed E-state index contributed by atoms with van der Waals surface area (Å²) in [5, 5.41) is 3.35. The van der Waals surface area contributed by atoms with Gasteiger partial charge in [-0.15, -0.1) is 0 Å². The maximum Gasteiger partial charge on any atom is 0.291 e. The summed E-state index contributed by atoms with van der Waals surface area (Å²) in [4.78, 5) is 17.5. The molecule has 0 radical (unpaired) electrons. The number of aryl methyl sites for hydroxylation is 4. The lowest BCUT2D eigenvalue weighted by molar-refractivity contribution is 0.0997. The number of carbonyl (C=O) groups excluding carboxylic acids is 1. The van der Waals surface area contributed by atoms with Crippen LogP contribution in [0.5, 0.6) is 0 Å². The van der Waals surface area contributed by atoms with Crippen LogP contribution in [-0.4, -0.2) is 10.9 Å².